The number of nitrogens with zero attached hydrogens (tertiary/aromatic N) is 1. The van der Waals surface area contributed by atoms with Crippen LogP contribution < -0.4 is 10.6 Å². The van der Waals surface area contributed by atoms with Crippen LogP contribution in [0.2, 0.25) is 0 Å². The van der Waals surface area contributed by atoms with Crippen molar-refractivity contribution in [2.75, 3.05) is 0 Å². The van der Waals surface area contributed by atoms with E-state index < -0.39 is 0 Å². The predicted molar refractivity (Wildman–Crippen MR) is 94.5 cm³/mol. The van der Waals surface area contributed by atoms with Crippen molar-refractivity contribution in [1.82, 2.24) is 15.6 Å². The van der Waals surface area contributed by atoms with Gasteiger partial charge in [-0.15, -0.1) is 0 Å². The zero-order chi connectivity index (χ0) is 17.7. The first-order chi connectivity index (χ1) is 11.9. The second-order valence-electron chi connectivity index (χ2n) is 8.68. The lowest BCUT2D eigenvalue weighted by Crippen LogP contribution is -2.65. The minimum atomic E-state index is -0.312. The lowest BCUT2D eigenvalue weighted by Gasteiger charge is -2.61. The second kappa shape index (κ2) is 5.82. The van der Waals surface area contributed by atoms with Crippen LogP contribution >= 0.6 is 0 Å². The van der Waals surface area contributed by atoms with Crippen LogP contribution in [0, 0.1) is 17.3 Å². The maximum Gasteiger partial charge on any atom is 0.226 e. The molecular formula is C20H27N3O2. The molecule has 0 aromatic carbocycles. The normalized spacial score (nSPS) is 36.7. The average molecular weight is 341 g/mol. The van der Waals surface area contributed by atoms with Gasteiger partial charge in [0.2, 0.25) is 11.8 Å². The van der Waals surface area contributed by atoms with Crippen molar-refractivity contribution in [3.63, 3.8) is 0 Å². The number of aromatic nitrogens is 1. The van der Waals surface area contributed by atoms with Gasteiger partial charge in [0.15, 0.2) is 0 Å². The van der Waals surface area contributed by atoms with Gasteiger partial charge in [0.05, 0.1) is 11.5 Å². The number of carbonyl (C=O) groups is 2. The number of hydrogen-bond donors (Lipinski definition) is 2. The van der Waals surface area contributed by atoms with Crippen molar-refractivity contribution in [3.05, 3.63) is 30.1 Å². The zero-order valence-corrected chi connectivity index (χ0v) is 15.0. The predicted octanol–water partition coefficient (Wildman–Crippen LogP) is 2.73. The summed E-state index contributed by atoms with van der Waals surface area (Å²) in [4.78, 5) is 29.1. The number of nitrogens with one attached hydrogen (secondary N) is 2. The van der Waals surface area contributed by atoms with Gasteiger partial charge in [-0.1, -0.05) is 0 Å². The zero-order valence-electron chi connectivity index (χ0n) is 15.0. The fourth-order valence-electron chi connectivity index (χ4n) is 6.13. The highest BCUT2D eigenvalue weighted by Crippen LogP contribution is 2.61. The lowest BCUT2D eigenvalue weighted by molar-refractivity contribution is -0.153. The topological polar surface area (TPSA) is 71.1 Å². The first-order valence-corrected chi connectivity index (χ1v) is 9.39. The molecule has 2 amide bonds. The van der Waals surface area contributed by atoms with Gasteiger partial charge >= 0.3 is 0 Å². The first kappa shape index (κ1) is 16.6. The summed E-state index contributed by atoms with van der Waals surface area (Å²) in [5.74, 6) is 1.33. The molecule has 4 aliphatic carbocycles. The van der Waals surface area contributed by atoms with E-state index in [0.29, 0.717) is 11.8 Å². The lowest BCUT2D eigenvalue weighted by atomic mass is 9.46. The minimum Gasteiger partial charge on any atom is -0.351 e. The molecule has 4 saturated carbocycles. The van der Waals surface area contributed by atoms with Crippen LogP contribution in [-0.4, -0.2) is 22.3 Å². The number of amides is 2. The molecule has 5 heteroatoms. The molecule has 4 bridgehead atoms. The molecule has 1 aromatic heterocycles. The molecule has 1 heterocycles. The quantitative estimate of drug-likeness (QED) is 0.884. The molecule has 134 valence electrons. The standard InChI is InChI=1S/C20H27N3O2/c1-13(17-3-5-21-6-4-17)22-18(25)19-8-15-7-16(9-19)11-20(10-15,12-19)23-14(2)24/h3-6,13,15-16H,7-12H2,1-2H3,(H,22,25)(H,23,24). The monoisotopic (exact) mass is 341 g/mol. The van der Waals surface area contributed by atoms with Crippen LogP contribution in [-0.2, 0) is 9.59 Å². The maximum atomic E-state index is 13.3. The van der Waals surface area contributed by atoms with Crippen LogP contribution in [0.4, 0.5) is 0 Å². The summed E-state index contributed by atoms with van der Waals surface area (Å²) in [5, 5.41) is 6.47. The Balaban J connectivity index is 1.55. The van der Waals surface area contributed by atoms with E-state index in [4.69, 9.17) is 0 Å². The van der Waals surface area contributed by atoms with E-state index in [2.05, 4.69) is 15.6 Å². The number of hydrogen-bond acceptors (Lipinski definition) is 3. The van der Waals surface area contributed by atoms with E-state index in [1.807, 2.05) is 19.1 Å². The van der Waals surface area contributed by atoms with Gasteiger partial charge in [0.25, 0.3) is 0 Å². The number of rotatable bonds is 4. The van der Waals surface area contributed by atoms with E-state index in [1.54, 1.807) is 19.3 Å². The Labute approximate surface area is 149 Å². The van der Waals surface area contributed by atoms with Crippen LogP contribution in [0.15, 0.2) is 24.5 Å². The van der Waals surface area contributed by atoms with Gasteiger partial charge in [-0.2, -0.15) is 0 Å². The summed E-state index contributed by atoms with van der Waals surface area (Å²) in [6.07, 6.45) is 9.55. The van der Waals surface area contributed by atoms with Crippen LogP contribution in [0.1, 0.15) is 64.0 Å². The first-order valence-electron chi connectivity index (χ1n) is 9.39. The Morgan fingerprint density at radius 2 is 1.80 bits per heavy atom. The van der Waals surface area contributed by atoms with Gasteiger partial charge in [0.1, 0.15) is 0 Å². The summed E-state index contributed by atoms with van der Waals surface area (Å²) in [6, 6.07) is 3.87. The van der Waals surface area contributed by atoms with E-state index in [9.17, 15) is 9.59 Å². The smallest absolute Gasteiger partial charge is 0.226 e. The maximum absolute atomic E-state index is 13.3. The molecule has 5 nitrogen and oxygen atoms in total. The van der Waals surface area contributed by atoms with Gasteiger partial charge in [-0.25, -0.2) is 0 Å². The largest absolute Gasteiger partial charge is 0.351 e. The molecule has 0 aliphatic heterocycles. The van der Waals surface area contributed by atoms with E-state index >= 15 is 0 Å². The third kappa shape index (κ3) is 2.94. The van der Waals surface area contributed by atoms with Crippen LogP contribution in [0.3, 0.4) is 0 Å². The average Bonchev–Trinajstić information content (AvgIpc) is 2.53. The fourth-order valence-corrected chi connectivity index (χ4v) is 6.13. The third-order valence-corrected chi connectivity index (χ3v) is 6.54. The summed E-state index contributed by atoms with van der Waals surface area (Å²) in [5.41, 5.74) is 0.603. The molecule has 25 heavy (non-hydrogen) atoms. The van der Waals surface area contributed by atoms with Gasteiger partial charge < -0.3 is 10.6 Å². The van der Waals surface area contributed by atoms with Crippen molar-refractivity contribution in [2.45, 2.75) is 64.0 Å². The molecular weight excluding hydrogens is 314 g/mol. The highest BCUT2D eigenvalue weighted by Gasteiger charge is 2.60. The van der Waals surface area contributed by atoms with Gasteiger partial charge in [-0.05, 0) is 75.0 Å². The summed E-state index contributed by atoms with van der Waals surface area (Å²) >= 11 is 0. The molecule has 0 spiro atoms. The Kier molecular flexibility index (Phi) is 3.85. The third-order valence-electron chi connectivity index (χ3n) is 6.54. The summed E-state index contributed by atoms with van der Waals surface area (Å²) in [7, 11) is 0. The molecule has 4 fully saturated rings. The molecule has 5 rings (SSSR count). The van der Waals surface area contributed by atoms with Gasteiger partial charge in [-0.3, -0.25) is 14.6 Å². The molecule has 3 unspecified atom stereocenters. The van der Waals surface area contributed by atoms with Gasteiger partial charge in [0, 0.05) is 24.9 Å². The van der Waals surface area contributed by atoms with Crippen molar-refractivity contribution in [3.8, 4) is 0 Å². The minimum absolute atomic E-state index is 0.0276. The highest BCUT2D eigenvalue weighted by atomic mass is 16.2. The Morgan fingerprint density at radius 3 is 2.40 bits per heavy atom. The second-order valence-corrected chi connectivity index (χ2v) is 8.68. The fraction of sp³-hybridized carbons (Fsp3) is 0.650. The Bertz CT molecular complexity index is 673. The van der Waals surface area contributed by atoms with Crippen LogP contribution in [0.25, 0.3) is 0 Å². The number of pyridine rings is 1. The van der Waals surface area contributed by atoms with Crippen molar-refractivity contribution in [2.24, 2.45) is 17.3 Å². The molecule has 3 atom stereocenters. The molecule has 0 radical (unpaired) electrons. The molecule has 0 saturated heterocycles. The van der Waals surface area contributed by atoms with Crippen molar-refractivity contribution in [1.29, 1.82) is 0 Å². The molecule has 2 N–H and O–H groups in total. The number of carbonyl (C=O) groups excluding carboxylic acids is 2. The van der Waals surface area contributed by atoms with E-state index in [1.165, 1.54) is 6.42 Å². The summed E-state index contributed by atoms with van der Waals surface area (Å²) < 4.78 is 0. The molecule has 1 aromatic rings. The van der Waals surface area contributed by atoms with Crippen LogP contribution in [0.5, 0.6) is 0 Å². The Morgan fingerprint density at radius 1 is 1.16 bits per heavy atom. The summed E-state index contributed by atoms with van der Waals surface area (Å²) in [6.45, 7) is 3.62. The highest BCUT2D eigenvalue weighted by molar-refractivity contribution is 5.84. The SMILES string of the molecule is CC(=O)NC12CC3CC(C1)CC(C(=O)NC(C)c1ccncc1)(C3)C2. The van der Waals surface area contributed by atoms with E-state index in [0.717, 1.165) is 37.7 Å². The van der Waals surface area contributed by atoms with Crippen molar-refractivity contribution >= 4 is 11.8 Å². The Hall–Kier alpha value is -1.91. The van der Waals surface area contributed by atoms with Crippen molar-refractivity contribution < 1.29 is 9.59 Å². The van der Waals surface area contributed by atoms with E-state index in [-0.39, 0.29) is 28.8 Å². The molecule has 4 aliphatic rings.